The second-order valence-corrected chi connectivity index (χ2v) is 5.84. The first kappa shape index (κ1) is 12.9. The molecule has 0 saturated carbocycles. The molecule has 1 aromatic carbocycles. The van der Waals surface area contributed by atoms with E-state index in [1.165, 1.54) is 11.1 Å². The Labute approximate surface area is 109 Å². The normalized spacial score (nSPS) is 14.2. The molecule has 18 heavy (non-hydrogen) atoms. The SMILES string of the molecule is COc1ccc2c(c1NC(=O)C(C)(C)C)CCC2. The Morgan fingerprint density at radius 3 is 2.61 bits per heavy atom. The maximum Gasteiger partial charge on any atom is 0.229 e. The highest BCUT2D eigenvalue weighted by Gasteiger charge is 2.25. The van der Waals surface area contributed by atoms with Gasteiger partial charge < -0.3 is 10.1 Å². The van der Waals surface area contributed by atoms with Gasteiger partial charge in [-0.1, -0.05) is 26.8 Å². The van der Waals surface area contributed by atoms with Gasteiger partial charge in [0.2, 0.25) is 5.91 Å². The van der Waals surface area contributed by atoms with E-state index in [-0.39, 0.29) is 5.91 Å². The zero-order valence-electron chi connectivity index (χ0n) is 11.6. The predicted octanol–water partition coefficient (Wildman–Crippen LogP) is 3.17. The lowest BCUT2D eigenvalue weighted by atomic mass is 9.95. The van der Waals surface area contributed by atoms with Crippen molar-refractivity contribution in [1.29, 1.82) is 0 Å². The van der Waals surface area contributed by atoms with Crippen molar-refractivity contribution in [3.8, 4) is 5.75 Å². The molecule has 0 fully saturated rings. The summed E-state index contributed by atoms with van der Waals surface area (Å²) in [4.78, 5) is 12.1. The second kappa shape index (κ2) is 4.63. The number of carbonyl (C=O) groups excluding carboxylic acids is 1. The summed E-state index contributed by atoms with van der Waals surface area (Å²) in [7, 11) is 1.64. The fraction of sp³-hybridized carbons (Fsp3) is 0.533. The maximum atomic E-state index is 12.1. The molecule has 0 spiro atoms. The fourth-order valence-electron chi connectivity index (χ4n) is 2.25. The number of benzene rings is 1. The molecule has 3 heteroatoms. The van der Waals surface area contributed by atoms with Gasteiger partial charge in [0, 0.05) is 5.41 Å². The molecular weight excluding hydrogens is 226 g/mol. The summed E-state index contributed by atoms with van der Waals surface area (Å²) in [5, 5.41) is 3.04. The van der Waals surface area contributed by atoms with Gasteiger partial charge in [0.25, 0.3) is 0 Å². The Morgan fingerprint density at radius 1 is 1.28 bits per heavy atom. The van der Waals surface area contributed by atoms with Gasteiger partial charge in [-0.2, -0.15) is 0 Å². The Kier molecular flexibility index (Phi) is 3.33. The first-order chi connectivity index (χ1) is 8.43. The number of nitrogens with one attached hydrogen (secondary N) is 1. The lowest BCUT2D eigenvalue weighted by Gasteiger charge is -2.21. The molecule has 0 bridgehead atoms. The molecule has 2 rings (SSSR count). The predicted molar refractivity (Wildman–Crippen MR) is 73.1 cm³/mol. The molecule has 0 atom stereocenters. The van der Waals surface area contributed by atoms with Gasteiger partial charge in [-0.25, -0.2) is 0 Å². The first-order valence-electron chi connectivity index (χ1n) is 6.43. The summed E-state index contributed by atoms with van der Waals surface area (Å²) in [6.07, 6.45) is 3.27. The second-order valence-electron chi connectivity index (χ2n) is 5.84. The van der Waals surface area contributed by atoms with E-state index in [0.29, 0.717) is 0 Å². The Morgan fingerprint density at radius 2 is 2.00 bits per heavy atom. The third-order valence-electron chi connectivity index (χ3n) is 3.38. The molecule has 3 nitrogen and oxygen atoms in total. The van der Waals surface area contributed by atoms with Crippen LogP contribution in [0.2, 0.25) is 0 Å². The van der Waals surface area contributed by atoms with E-state index < -0.39 is 5.41 Å². The minimum atomic E-state index is -0.396. The van der Waals surface area contributed by atoms with Gasteiger partial charge >= 0.3 is 0 Å². The van der Waals surface area contributed by atoms with Crippen LogP contribution in [0.25, 0.3) is 0 Å². The van der Waals surface area contributed by atoms with Gasteiger partial charge in [0.1, 0.15) is 5.75 Å². The van der Waals surface area contributed by atoms with Crippen LogP contribution in [0, 0.1) is 5.41 Å². The van der Waals surface area contributed by atoms with E-state index in [9.17, 15) is 4.79 Å². The largest absolute Gasteiger partial charge is 0.495 e. The zero-order valence-corrected chi connectivity index (χ0v) is 11.6. The Hall–Kier alpha value is -1.51. The van der Waals surface area contributed by atoms with Gasteiger partial charge in [0.15, 0.2) is 0 Å². The molecule has 1 N–H and O–H groups in total. The van der Waals surface area contributed by atoms with Crippen LogP contribution in [0.15, 0.2) is 12.1 Å². The summed E-state index contributed by atoms with van der Waals surface area (Å²) in [6, 6.07) is 4.05. The number of carbonyl (C=O) groups is 1. The number of hydrogen-bond acceptors (Lipinski definition) is 2. The molecule has 0 saturated heterocycles. The van der Waals surface area contributed by atoms with Crippen LogP contribution >= 0.6 is 0 Å². The van der Waals surface area contributed by atoms with Crippen molar-refractivity contribution in [1.82, 2.24) is 0 Å². The van der Waals surface area contributed by atoms with Crippen LogP contribution in [-0.2, 0) is 17.6 Å². The van der Waals surface area contributed by atoms with E-state index in [1.807, 2.05) is 26.8 Å². The molecule has 1 aliphatic carbocycles. The van der Waals surface area contributed by atoms with E-state index in [4.69, 9.17) is 4.74 Å². The van der Waals surface area contributed by atoms with Gasteiger partial charge in [-0.15, -0.1) is 0 Å². The molecule has 98 valence electrons. The van der Waals surface area contributed by atoms with E-state index in [0.717, 1.165) is 30.7 Å². The fourth-order valence-corrected chi connectivity index (χ4v) is 2.25. The number of aryl methyl sites for hydroxylation is 1. The topological polar surface area (TPSA) is 38.3 Å². The highest BCUT2D eigenvalue weighted by molar-refractivity contribution is 5.96. The first-order valence-corrected chi connectivity index (χ1v) is 6.43. The van der Waals surface area contributed by atoms with E-state index in [1.54, 1.807) is 7.11 Å². The van der Waals surface area contributed by atoms with Crippen molar-refractivity contribution in [3.05, 3.63) is 23.3 Å². The van der Waals surface area contributed by atoms with Crippen molar-refractivity contribution in [2.45, 2.75) is 40.0 Å². The summed E-state index contributed by atoms with van der Waals surface area (Å²) >= 11 is 0. The van der Waals surface area contributed by atoms with Crippen LogP contribution in [0.5, 0.6) is 5.75 Å². The van der Waals surface area contributed by atoms with Crippen LogP contribution in [0.4, 0.5) is 5.69 Å². The molecule has 1 amide bonds. The lowest BCUT2D eigenvalue weighted by Crippen LogP contribution is -2.28. The monoisotopic (exact) mass is 247 g/mol. The van der Waals surface area contributed by atoms with Crippen molar-refractivity contribution in [3.63, 3.8) is 0 Å². The highest BCUT2D eigenvalue weighted by Crippen LogP contribution is 2.37. The summed E-state index contributed by atoms with van der Waals surface area (Å²) in [6.45, 7) is 5.74. The number of amides is 1. The molecule has 0 unspecified atom stereocenters. The van der Waals surface area contributed by atoms with Gasteiger partial charge in [0.05, 0.1) is 12.8 Å². The number of methoxy groups -OCH3 is 1. The third kappa shape index (κ3) is 2.35. The van der Waals surface area contributed by atoms with Gasteiger partial charge in [-0.3, -0.25) is 4.79 Å². The van der Waals surface area contributed by atoms with Crippen LogP contribution < -0.4 is 10.1 Å². The molecular formula is C15H21NO2. The molecule has 0 radical (unpaired) electrons. The van der Waals surface area contributed by atoms with E-state index >= 15 is 0 Å². The smallest absolute Gasteiger partial charge is 0.229 e. The molecule has 0 heterocycles. The van der Waals surface area contributed by atoms with Gasteiger partial charge in [-0.05, 0) is 36.5 Å². The minimum Gasteiger partial charge on any atom is -0.495 e. The highest BCUT2D eigenvalue weighted by atomic mass is 16.5. The van der Waals surface area contributed by atoms with Crippen LogP contribution in [-0.4, -0.2) is 13.0 Å². The van der Waals surface area contributed by atoms with Crippen molar-refractivity contribution in [2.24, 2.45) is 5.41 Å². The lowest BCUT2D eigenvalue weighted by molar-refractivity contribution is -0.123. The number of ether oxygens (including phenoxy) is 1. The van der Waals surface area contributed by atoms with Crippen molar-refractivity contribution < 1.29 is 9.53 Å². The number of anilines is 1. The average Bonchev–Trinajstić information content (AvgIpc) is 2.76. The Balaban J connectivity index is 2.37. The third-order valence-corrected chi connectivity index (χ3v) is 3.38. The van der Waals surface area contributed by atoms with Crippen molar-refractivity contribution in [2.75, 3.05) is 12.4 Å². The average molecular weight is 247 g/mol. The van der Waals surface area contributed by atoms with Crippen molar-refractivity contribution >= 4 is 11.6 Å². The standard InChI is InChI=1S/C15H21NO2/c1-15(2,3)14(17)16-13-11-7-5-6-10(11)8-9-12(13)18-4/h8-9H,5-7H2,1-4H3,(H,16,17). The summed E-state index contributed by atoms with van der Waals surface area (Å²) in [5.74, 6) is 0.786. The Bertz CT molecular complexity index is 472. The summed E-state index contributed by atoms with van der Waals surface area (Å²) < 4.78 is 5.37. The quantitative estimate of drug-likeness (QED) is 0.871. The number of rotatable bonds is 2. The molecule has 1 aromatic rings. The molecule has 0 aliphatic heterocycles. The maximum absolute atomic E-state index is 12.1. The molecule has 1 aliphatic rings. The van der Waals surface area contributed by atoms with Crippen LogP contribution in [0.1, 0.15) is 38.3 Å². The number of hydrogen-bond donors (Lipinski definition) is 1. The summed E-state index contributed by atoms with van der Waals surface area (Å²) in [5.41, 5.74) is 3.05. The zero-order chi connectivity index (χ0) is 13.3. The van der Waals surface area contributed by atoms with Crippen LogP contribution in [0.3, 0.4) is 0 Å². The molecule has 0 aromatic heterocycles. The number of fused-ring (bicyclic) bond motifs is 1. The van der Waals surface area contributed by atoms with E-state index in [2.05, 4.69) is 11.4 Å². The minimum absolute atomic E-state index is 0.0288.